The lowest BCUT2D eigenvalue weighted by atomic mass is 9.92. The molecule has 0 radical (unpaired) electrons. The first kappa shape index (κ1) is 19.1. The molecule has 150 valence electrons. The van der Waals surface area contributed by atoms with Crippen molar-refractivity contribution in [2.45, 2.75) is 51.9 Å². The minimum atomic E-state index is 0.0808. The Kier molecular flexibility index (Phi) is 5.70. The van der Waals surface area contributed by atoms with E-state index in [1.165, 1.54) is 65.0 Å². The third-order valence-electron chi connectivity index (χ3n) is 6.74. The molecule has 0 N–H and O–H groups in total. The van der Waals surface area contributed by atoms with Crippen molar-refractivity contribution in [3.63, 3.8) is 0 Å². The average Bonchev–Trinajstić information content (AvgIpc) is 3.08. The summed E-state index contributed by atoms with van der Waals surface area (Å²) < 4.78 is 0. The third-order valence-corrected chi connectivity index (χ3v) is 6.74. The summed E-state index contributed by atoms with van der Waals surface area (Å²) in [6.45, 7) is 16.7. The number of aromatic nitrogens is 2. The minimum absolute atomic E-state index is 0.0808. The first-order valence-electron chi connectivity index (χ1n) is 11.0. The summed E-state index contributed by atoms with van der Waals surface area (Å²) in [4.78, 5) is 17.0. The lowest BCUT2D eigenvalue weighted by Crippen LogP contribution is -2.36. The van der Waals surface area contributed by atoms with Gasteiger partial charge in [-0.1, -0.05) is 33.6 Å². The smallest absolute Gasteiger partial charge is 0.132 e. The van der Waals surface area contributed by atoms with Gasteiger partial charge in [0.25, 0.3) is 0 Å². The summed E-state index contributed by atoms with van der Waals surface area (Å²) in [6, 6.07) is 2.21. The molecule has 5 nitrogen and oxygen atoms in total. The van der Waals surface area contributed by atoms with Gasteiger partial charge in [0.05, 0.1) is 5.69 Å². The van der Waals surface area contributed by atoms with Crippen molar-refractivity contribution in [2.75, 3.05) is 57.3 Å². The van der Waals surface area contributed by atoms with Crippen LogP contribution in [0.5, 0.6) is 0 Å². The van der Waals surface area contributed by atoms with E-state index in [2.05, 4.69) is 51.5 Å². The van der Waals surface area contributed by atoms with Crippen LogP contribution in [0.3, 0.4) is 0 Å². The number of nitrogens with zero attached hydrogens (tertiary/aromatic N) is 5. The molecule has 3 saturated heterocycles. The number of likely N-dealkylation sites (tertiary alicyclic amines) is 2. The Morgan fingerprint density at radius 2 is 1.48 bits per heavy atom. The van der Waals surface area contributed by atoms with Crippen molar-refractivity contribution in [3.05, 3.63) is 18.1 Å². The Morgan fingerprint density at radius 1 is 0.852 bits per heavy atom. The van der Waals surface area contributed by atoms with E-state index in [1.807, 2.05) is 0 Å². The van der Waals surface area contributed by atoms with Gasteiger partial charge in [-0.3, -0.25) is 0 Å². The number of rotatable bonds is 4. The van der Waals surface area contributed by atoms with Crippen LogP contribution in [0.15, 0.2) is 12.4 Å². The molecule has 1 aromatic heterocycles. The van der Waals surface area contributed by atoms with Crippen LogP contribution in [-0.2, 0) is 5.41 Å². The molecule has 0 spiro atoms. The molecular formula is C22H37N5. The van der Waals surface area contributed by atoms with Gasteiger partial charge in [0.2, 0.25) is 0 Å². The molecule has 3 aliphatic rings. The van der Waals surface area contributed by atoms with E-state index in [0.717, 1.165) is 36.4 Å². The highest BCUT2D eigenvalue weighted by Crippen LogP contribution is 2.34. The predicted molar refractivity (Wildman–Crippen MR) is 111 cm³/mol. The van der Waals surface area contributed by atoms with Gasteiger partial charge in [-0.05, 0) is 37.8 Å². The fraction of sp³-hybridized carbons (Fsp3) is 0.818. The lowest BCUT2D eigenvalue weighted by Gasteiger charge is -2.26. The highest BCUT2D eigenvalue weighted by molar-refractivity contribution is 5.42. The molecule has 27 heavy (non-hydrogen) atoms. The van der Waals surface area contributed by atoms with Gasteiger partial charge in [-0.25, -0.2) is 9.97 Å². The summed E-state index contributed by atoms with van der Waals surface area (Å²) in [5.41, 5.74) is 1.22. The summed E-state index contributed by atoms with van der Waals surface area (Å²) in [6.07, 6.45) is 7.41. The van der Waals surface area contributed by atoms with Crippen molar-refractivity contribution in [2.24, 2.45) is 11.8 Å². The molecule has 0 bridgehead atoms. The minimum Gasteiger partial charge on any atom is -0.356 e. The second kappa shape index (κ2) is 8.04. The van der Waals surface area contributed by atoms with Crippen LogP contribution in [0.4, 0.5) is 5.82 Å². The van der Waals surface area contributed by atoms with Gasteiger partial charge in [0, 0.05) is 50.7 Å². The second-order valence-electron chi connectivity index (χ2n) is 9.95. The van der Waals surface area contributed by atoms with Gasteiger partial charge >= 0.3 is 0 Å². The van der Waals surface area contributed by atoms with Crippen molar-refractivity contribution in [3.8, 4) is 0 Å². The molecule has 2 unspecified atom stereocenters. The SMILES string of the molecule is CC(C)(C)c1cc(N2CC3CN(CCN4CCCCCC4)CC3C2)ncn1. The predicted octanol–water partition coefficient (Wildman–Crippen LogP) is 3.02. The number of fused-ring (bicyclic) bond motifs is 1. The van der Waals surface area contributed by atoms with Crippen LogP contribution < -0.4 is 4.90 Å². The molecule has 3 fully saturated rings. The Bertz CT molecular complexity index is 603. The Labute approximate surface area is 165 Å². The summed E-state index contributed by atoms with van der Waals surface area (Å²) in [5, 5.41) is 0. The van der Waals surface area contributed by atoms with Crippen molar-refractivity contribution < 1.29 is 0 Å². The van der Waals surface area contributed by atoms with Crippen LogP contribution in [0, 0.1) is 11.8 Å². The molecule has 4 rings (SSSR count). The molecule has 1 aromatic rings. The molecule has 2 atom stereocenters. The van der Waals surface area contributed by atoms with Crippen LogP contribution in [0.1, 0.15) is 52.1 Å². The van der Waals surface area contributed by atoms with E-state index in [-0.39, 0.29) is 5.41 Å². The van der Waals surface area contributed by atoms with Gasteiger partial charge in [-0.15, -0.1) is 0 Å². The zero-order valence-corrected chi connectivity index (χ0v) is 17.5. The van der Waals surface area contributed by atoms with Gasteiger partial charge in [0.1, 0.15) is 12.1 Å². The zero-order chi connectivity index (χ0) is 18.9. The maximum atomic E-state index is 4.58. The van der Waals surface area contributed by atoms with E-state index in [0.29, 0.717) is 0 Å². The second-order valence-corrected chi connectivity index (χ2v) is 9.95. The first-order chi connectivity index (χ1) is 13.0. The maximum Gasteiger partial charge on any atom is 0.132 e. The Morgan fingerprint density at radius 3 is 2.11 bits per heavy atom. The fourth-order valence-corrected chi connectivity index (χ4v) is 5.03. The summed E-state index contributed by atoms with van der Waals surface area (Å²) >= 11 is 0. The average molecular weight is 372 g/mol. The van der Waals surface area contributed by atoms with Crippen LogP contribution in [0.25, 0.3) is 0 Å². The third kappa shape index (κ3) is 4.62. The highest BCUT2D eigenvalue weighted by Gasteiger charge is 2.40. The van der Waals surface area contributed by atoms with Gasteiger partial charge in [-0.2, -0.15) is 0 Å². The molecule has 4 heterocycles. The normalized spacial score (nSPS) is 27.7. The highest BCUT2D eigenvalue weighted by atomic mass is 15.3. The Balaban J connectivity index is 1.28. The molecule has 0 aliphatic carbocycles. The number of hydrogen-bond donors (Lipinski definition) is 0. The lowest BCUT2D eigenvalue weighted by molar-refractivity contribution is 0.224. The maximum absolute atomic E-state index is 4.58. The van der Waals surface area contributed by atoms with E-state index in [9.17, 15) is 0 Å². The molecule has 3 aliphatic heterocycles. The molecule has 5 heteroatoms. The summed E-state index contributed by atoms with van der Waals surface area (Å²) in [5.74, 6) is 2.74. The molecule has 0 amide bonds. The quantitative estimate of drug-likeness (QED) is 0.813. The largest absolute Gasteiger partial charge is 0.356 e. The van der Waals surface area contributed by atoms with Crippen LogP contribution >= 0.6 is 0 Å². The fourth-order valence-electron chi connectivity index (χ4n) is 5.03. The van der Waals surface area contributed by atoms with Crippen LogP contribution in [0.2, 0.25) is 0 Å². The summed E-state index contributed by atoms with van der Waals surface area (Å²) in [7, 11) is 0. The monoisotopic (exact) mass is 371 g/mol. The number of hydrogen-bond acceptors (Lipinski definition) is 5. The van der Waals surface area contributed by atoms with E-state index in [1.54, 1.807) is 6.33 Å². The van der Waals surface area contributed by atoms with E-state index in [4.69, 9.17) is 0 Å². The first-order valence-corrected chi connectivity index (χ1v) is 11.0. The van der Waals surface area contributed by atoms with Gasteiger partial charge in [0.15, 0.2) is 0 Å². The standard InChI is InChI=1S/C22H37N5/c1-22(2,3)20-12-21(24-17-23-20)27-15-18-13-26(14-19(18)16-27)11-10-25-8-6-4-5-7-9-25/h12,17-19H,4-11,13-16H2,1-3H3. The number of anilines is 1. The Hall–Kier alpha value is -1.20. The molecule has 0 saturated carbocycles. The van der Waals surface area contributed by atoms with Crippen molar-refractivity contribution in [1.29, 1.82) is 0 Å². The van der Waals surface area contributed by atoms with E-state index < -0.39 is 0 Å². The zero-order valence-electron chi connectivity index (χ0n) is 17.5. The van der Waals surface area contributed by atoms with Crippen molar-refractivity contribution in [1.82, 2.24) is 19.8 Å². The van der Waals surface area contributed by atoms with E-state index >= 15 is 0 Å². The van der Waals surface area contributed by atoms with Gasteiger partial charge < -0.3 is 14.7 Å². The van der Waals surface area contributed by atoms with Crippen LogP contribution in [-0.4, -0.2) is 72.1 Å². The van der Waals surface area contributed by atoms with Crippen molar-refractivity contribution >= 4 is 5.82 Å². The molecule has 0 aromatic carbocycles. The molecular weight excluding hydrogens is 334 g/mol. The topological polar surface area (TPSA) is 35.5 Å².